The molecule has 0 radical (unpaired) electrons. The number of halogens is 1. The van der Waals surface area contributed by atoms with Crippen molar-refractivity contribution in [1.29, 1.82) is 0 Å². The number of nitrogens with two attached hydrogens (primary N) is 1. The van der Waals surface area contributed by atoms with Gasteiger partial charge in [0.25, 0.3) is 10.0 Å². The van der Waals surface area contributed by atoms with Crippen molar-refractivity contribution in [1.82, 2.24) is 10.2 Å². The molecule has 0 spiro atoms. The van der Waals surface area contributed by atoms with Gasteiger partial charge in [0.05, 0.1) is 19.0 Å². The molecular formula is C11H13FN4O3S. The van der Waals surface area contributed by atoms with Crippen LogP contribution in [0.25, 0.3) is 0 Å². The van der Waals surface area contributed by atoms with E-state index >= 15 is 0 Å². The van der Waals surface area contributed by atoms with Crippen molar-refractivity contribution < 1.29 is 17.5 Å². The van der Waals surface area contributed by atoms with Gasteiger partial charge in [-0.15, -0.1) is 0 Å². The van der Waals surface area contributed by atoms with Crippen molar-refractivity contribution in [2.24, 2.45) is 5.73 Å². The molecule has 7 nitrogen and oxygen atoms in total. The lowest BCUT2D eigenvalue weighted by molar-refractivity contribution is 0.413. The minimum Gasteiger partial charge on any atom is -0.494 e. The molecule has 108 valence electrons. The molecular weight excluding hydrogens is 287 g/mol. The third kappa shape index (κ3) is 2.73. The highest BCUT2D eigenvalue weighted by atomic mass is 32.2. The molecule has 9 heteroatoms. The summed E-state index contributed by atoms with van der Waals surface area (Å²) in [7, 11) is -2.60. The minimum atomic E-state index is -3.91. The Bertz CT molecular complexity index is 714. The highest BCUT2D eigenvalue weighted by Gasteiger charge is 2.21. The maximum absolute atomic E-state index is 13.1. The van der Waals surface area contributed by atoms with Gasteiger partial charge in [0.1, 0.15) is 11.6 Å². The number of hydrogen-bond acceptors (Lipinski definition) is 5. The van der Waals surface area contributed by atoms with Crippen LogP contribution in [0.3, 0.4) is 0 Å². The fourth-order valence-electron chi connectivity index (χ4n) is 1.62. The van der Waals surface area contributed by atoms with Crippen molar-refractivity contribution in [3.05, 3.63) is 35.8 Å². The van der Waals surface area contributed by atoms with E-state index < -0.39 is 15.8 Å². The van der Waals surface area contributed by atoms with Crippen LogP contribution in [0.5, 0.6) is 5.75 Å². The van der Waals surface area contributed by atoms with Gasteiger partial charge in [-0.05, 0) is 12.1 Å². The summed E-state index contributed by atoms with van der Waals surface area (Å²) in [6, 6.07) is 3.47. The Morgan fingerprint density at radius 3 is 2.90 bits per heavy atom. The molecule has 0 saturated heterocycles. The number of anilines is 1. The molecule has 0 aliphatic rings. The summed E-state index contributed by atoms with van der Waals surface area (Å²) in [6.45, 7) is 0.0211. The number of methoxy groups -OCH3 is 1. The third-order valence-electron chi connectivity index (χ3n) is 2.57. The number of hydrogen-bond donors (Lipinski definition) is 3. The van der Waals surface area contributed by atoms with Crippen molar-refractivity contribution in [2.75, 3.05) is 11.8 Å². The number of nitrogens with zero attached hydrogens (tertiary/aromatic N) is 1. The van der Waals surface area contributed by atoms with E-state index in [9.17, 15) is 12.8 Å². The summed E-state index contributed by atoms with van der Waals surface area (Å²) in [6.07, 6.45) is 1.33. The van der Waals surface area contributed by atoms with Gasteiger partial charge in [0, 0.05) is 18.2 Å². The zero-order valence-corrected chi connectivity index (χ0v) is 11.4. The molecule has 0 atom stereocenters. The summed E-state index contributed by atoms with van der Waals surface area (Å²) < 4.78 is 44.7. The van der Waals surface area contributed by atoms with Crippen LogP contribution in [0.2, 0.25) is 0 Å². The molecule has 2 aromatic rings. The molecule has 0 fully saturated rings. The maximum atomic E-state index is 13.1. The van der Waals surface area contributed by atoms with Crippen molar-refractivity contribution >= 4 is 15.7 Å². The van der Waals surface area contributed by atoms with Crippen LogP contribution in [0.15, 0.2) is 29.4 Å². The molecule has 1 aromatic carbocycles. The number of aromatic nitrogens is 2. The summed E-state index contributed by atoms with van der Waals surface area (Å²) in [4.78, 5) is 0. The molecule has 0 saturated carbocycles. The monoisotopic (exact) mass is 300 g/mol. The first-order valence-electron chi connectivity index (χ1n) is 5.56. The Morgan fingerprint density at radius 1 is 1.50 bits per heavy atom. The summed E-state index contributed by atoms with van der Waals surface area (Å²) in [5, 5.41) is 5.88. The molecule has 1 heterocycles. The van der Waals surface area contributed by atoms with E-state index in [1.807, 2.05) is 0 Å². The lowest BCUT2D eigenvalue weighted by Gasteiger charge is -2.11. The van der Waals surface area contributed by atoms with Crippen LogP contribution < -0.4 is 15.2 Å². The standard InChI is InChI=1S/C11H13FN4O3S/c1-19-10-4-8(12)2-3-9(10)16-20(17,18)11-7(5-13)6-14-15-11/h2-4,6,16H,5,13H2,1H3,(H,14,15). The average Bonchev–Trinajstić information content (AvgIpc) is 2.89. The molecule has 20 heavy (non-hydrogen) atoms. The normalized spacial score (nSPS) is 11.3. The highest BCUT2D eigenvalue weighted by Crippen LogP contribution is 2.27. The number of benzene rings is 1. The largest absolute Gasteiger partial charge is 0.494 e. The van der Waals surface area contributed by atoms with Crippen LogP contribution >= 0.6 is 0 Å². The second-order valence-corrected chi connectivity index (χ2v) is 5.50. The Hall–Kier alpha value is -2.13. The fraction of sp³-hybridized carbons (Fsp3) is 0.182. The maximum Gasteiger partial charge on any atom is 0.279 e. The first-order chi connectivity index (χ1) is 9.47. The van der Waals surface area contributed by atoms with Crippen LogP contribution in [0.1, 0.15) is 5.56 Å². The van der Waals surface area contributed by atoms with E-state index in [2.05, 4.69) is 14.9 Å². The number of nitrogens with one attached hydrogen (secondary N) is 2. The molecule has 1 aromatic heterocycles. The molecule has 2 rings (SSSR count). The van der Waals surface area contributed by atoms with Gasteiger partial charge in [-0.3, -0.25) is 9.82 Å². The van der Waals surface area contributed by atoms with Crippen LogP contribution in [0.4, 0.5) is 10.1 Å². The molecule has 0 amide bonds. The highest BCUT2D eigenvalue weighted by molar-refractivity contribution is 7.92. The second kappa shape index (κ2) is 5.47. The first kappa shape index (κ1) is 14.3. The van der Waals surface area contributed by atoms with Crippen molar-refractivity contribution in [2.45, 2.75) is 11.6 Å². The zero-order chi connectivity index (χ0) is 14.8. The SMILES string of the molecule is COc1cc(F)ccc1NS(=O)(=O)c1[nH]ncc1CN. The molecule has 0 bridgehead atoms. The van der Waals surface area contributed by atoms with Crippen molar-refractivity contribution in [3.8, 4) is 5.75 Å². The molecule has 0 unspecified atom stereocenters. The molecule has 0 aliphatic heterocycles. The zero-order valence-electron chi connectivity index (χ0n) is 10.6. The van der Waals surface area contributed by atoms with Crippen molar-refractivity contribution in [3.63, 3.8) is 0 Å². The lowest BCUT2D eigenvalue weighted by atomic mass is 10.3. The minimum absolute atomic E-state index is 0.0211. The van der Waals surface area contributed by atoms with Crippen LogP contribution in [-0.4, -0.2) is 25.7 Å². The Morgan fingerprint density at radius 2 is 2.25 bits per heavy atom. The number of rotatable bonds is 5. The molecule has 0 aliphatic carbocycles. The Balaban J connectivity index is 2.38. The average molecular weight is 300 g/mol. The number of aromatic amines is 1. The number of ether oxygens (including phenoxy) is 1. The van der Waals surface area contributed by atoms with Gasteiger partial charge in [0.2, 0.25) is 0 Å². The summed E-state index contributed by atoms with van der Waals surface area (Å²) >= 11 is 0. The van der Waals surface area contributed by atoms with Gasteiger partial charge in [-0.1, -0.05) is 0 Å². The van der Waals surface area contributed by atoms with Crippen LogP contribution in [-0.2, 0) is 16.6 Å². The van der Waals surface area contributed by atoms with Gasteiger partial charge >= 0.3 is 0 Å². The van der Waals surface area contributed by atoms with E-state index in [-0.39, 0.29) is 23.0 Å². The van der Waals surface area contributed by atoms with Gasteiger partial charge in [-0.2, -0.15) is 13.5 Å². The van der Waals surface area contributed by atoms with E-state index in [1.165, 1.54) is 19.4 Å². The van der Waals surface area contributed by atoms with Crippen LogP contribution in [0, 0.1) is 5.82 Å². The predicted molar refractivity (Wildman–Crippen MR) is 70.2 cm³/mol. The van der Waals surface area contributed by atoms with Gasteiger partial charge < -0.3 is 10.5 Å². The number of sulfonamides is 1. The summed E-state index contributed by atoms with van der Waals surface area (Å²) in [5.41, 5.74) is 5.90. The smallest absolute Gasteiger partial charge is 0.279 e. The fourth-order valence-corrected chi connectivity index (χ4v) is 2.84. The van der Waals surface area contributed by atoms with E-state index in [0.717, 1.165) is 12.1 Å². The molecule has 4 N–H and O–H groups in total. The second-order valence-electron chi connectivity index (χ2n) is 3.88. The lowest BCUT2D eigenvalue weighted by Crippen LogP contribution is -2.16. The van der Waals surface area contributed by atoms with E-state index in [1.54, 1.807) is 0 Å². The van der Waals surface area contributed by atoms with E-state index in [0.29, 0.717) is 5.56 Å². The van der Waals surface area contributed by atoms with Gasteiger partial charge in [-0.25, -0.2) is 4.39 Å². The summed E-state index contributed by atoms with van der Waals surface area (Å²) in [5.74, 6) is -0.462. The topological polar surface area (TPSA) is 110 Å². The van der Waals surface area contributed by atoms with E-state index in [4.69, 9.17) is 10.5 Å². The Kier molecular flexibility index (Phi) is 3.91. The predicted octanol–water partition coefficient (Wildman–Crippen LogP) is 0.817. The number of H-pyrrole nitrogens is 1. The Labute approximate surface area is 115 Å². The van der Waals surface area contributed by atoms with Gasteiger partial charge in [0.15, 0.2) is 5.03 Å². The third-order valence-corrected chi connectivity index (χ3v) is 3.95. The first-order valence-corrected chi connectivity index (χ1v) is 7.05. The quantitative estimate of drug-likeness (QED) is 0.757.